The Labute approximate surface area is 152 Å². The number of aryl methyl sites for hydroxylation is 1. The van der Waals surface area contributed by atoms with E-state index < -0.39 is 0 Å². The second kappa shape index (κ2) is 6.28. The lowest BCUT2D eigenvalue weighted by atomic mass is 10.1. The molecule has 1 aromatic carbocycles. The number of likely N-dealkylation sites (N-methyl/N-ethyl adjacent to an activating group) is 1. The van der Waals surface area contributed by atoms with Crippen LogP contribution in [0.3, 0.4) is 0 Å². The van der Waals surface area contributed by atoms with Crippen LogP contribution < -0.4 is 0 Å². The average molecular weight is 353 g/mol. The van der Waals surface area contributed by atoms with Gasteiger partial charge in [0.1, 0.15) is 0 Å². The number of nitrogens with zero attached hydrogens (tertiary/aromatic N) is 4. The summed E-state index contributed by atoms with van der Waals surface area (Å²) in [5, 5.41) is 2.03. The zero-order valence-electron chi connectivity index (χ0n) is 14.8. The van der Waals surface area contributed by atoms with Gasteiger partial charge in [0.15, 0.2) is 0 Å². The molecule has 1 aliphatic heterocycles. The summed E-state index contributed by atoms with van der Waals surface area (Å²) < 4.78 is 2.31. The van der Waals surface area contributed by atoms with E-state index in [9.17, 15) is 0 Å². The highest BCUT2D eigenvalue weighted by atomic mass is 35.5. The molecule has 0 atom stereocenters. The van der Waals surface area contributed by atoms with Crippen LogP contribution in [0.5, 0.6) is 0 Å². The summed E-state index contributed by atoms with van der Waals surface area (Å²) in [6, 6.07) is 6.16. The van der Waals surface area contributed by atoms with Crippen molar-refractivity contribution in [2.45, 2.75) is 26.8 Å². The van der Waals surface area contributed by atoms with E-state index in [4.69, 9.17) is 11.6 Å². The summed E-state index contributed by atoms with van der Waals surface area (Å²) in [5.41, 5.74) is 6.88. The van der Waals surface area contributed by atoms with Gasteiger partial charge in [-0.25, -0.2) is 0 Å². The number of fused-ring (bicyclic) bond motifs is 3. The van der Waals surface area contributed by atoms with E-state index >= 15 is 0 Å². The molecule has 0 saturated carbocycles. The van der Waals surface area contributed by atoms with Crippen LogP contribution in [0, 0.1) is 6.92 Å². The SMILES string of the molecule is C/C(=C\n1c2c(c3cc(Cl)ccc31)CN(C)CC2)c1cnc(C)cn1. The van der Waals surface area contributed by atoms with E-state index in [1.807, 2.05) is 25.4 Å². The standard InChI is InChI=1S/C20H21ClN4/c1-13(18-10-22-14(2)9-23-18)11-25-19-5-4-15(21)8-16(19)17-12-24(3)7-6-20(17)25/h4-5,8-11H,6-7,12H2,1-3H3/b13-11+. The average Bonchev–Trinajstić information content (AvgIpc) is 2.88. The fourth-order valence-electron chi connectivity index (χ4n) is 3.50. The molecular formula is C20H21ClN4. The quantitative estimate of drug-likeness (QED) is 0.685. The normalized spacial score (nSPS) is 15.6. The van der Waals surface area contributed by atoms with Crippen LogP contribution in [-0.2, 0) is 13.0 Å². The first kappa shape index (κ1) is 16.3. The summed E-state index contributed by atoms with van der Waals surface area (Å²) in [4.78, 5) is 11.2. The molecule has 3 heterocycles. The molecular weight excluding hydrogens is 332 g/mol. The number of rotatable bonds is 2. The lowest BCUT2D eigenvalue weighted by Crippen LogP contribution is -2.26. The first-order valence-electron chi connectivity index (χ1n) is 8.50. The smallest absolute Gasteiger partial charge is 0.0856 e. The van der Waals surface area contributed by atoms with Gasteiger partial charge in [0, 0.05) is 48.0 Å². The Hall–Kier alpha value is -2.17. The molecule has 5 heteroatoms. The zero-order valence-corrected chi connectivity index (χ0v) is 15.5. The molecule has 0 unspecified atom stereocenters. The number of halogens is 1. The van der Waals surface area contributed by atoms with E-state index in [0.29, 0.717) is 0 Å². The topological polar surface area (TPSA) is 34.0 Å². The van der Waals surface area contributed by atoms with Crippen molar-refractivity contribution in [3.05, 3.63) is 58.3 Å². The van der Waals surface area contributed by atoms with Gasteiger partial charge in [0.2, 0.25) is 0 Å². The third-order valence-corrected chi connectivity index (χ3v) is 5.08. The molecule has 0 amide bonds. The van der Waals surface area contributed by atoms with Crippen LogP contribution in [0.25, 0.3) is 22.7 Å². The van der Waals surface area contributed by atoms with Gasteiger partial charge in [0.25, 0.3) is 0 Å². The Balaban J connectivity index is 1.89. The summed E-state index contributed by atoms with van der Waals surface area (Å²) in [6.45, 7) is 6.05. The minimum atomic E-state index is 0.783. The zero-order chi connectivity index (χ0) is 17.6. The maximum Gasteiger partial charge on any atom is 0.0856 e. The van der Waals surface area contributed by atoms with E-state index in [2.05, 4.69) is 51.7 Å². The first-order chi connectivity index (χ1) is 12.0. The summed E-state index contributed by atoms with van der Waals surface area (Å²) in [5.74, 6) is 0. The van der Waals surface area contributed by atoms with Gasteiger partial charge in [-0.1, -0.05) is 11.6 Å². The highest BCUT2D eigenvalue weighted by Gasteiger charge is 2.22. The Morgan fingerprint density at radius 1 is 1.24 bits per heavy atom. The second-order valence-electron chi connectivity index (χ2n) is 6.80. The minimum absolute atomic E-state index is 0.783. The number of hydrogen-bond donors (Lipinski definition) is 0. The number of allylic oxidation sites excluding steroid dienone is 1. The molecule has 0 aliphatic carbocycles. The minimum Gasteiger partial charge on any atom is -0.320 e. The molecule has 128 valence electrons. The third-order valence-electron chi connectivity index (χ3n) is 4.85. The van der Waals surface area contributed by atoms with Gasteiger partial charge in [0.05, 0.1) is 23.1 Å². The Morgan fingerprint density at radius 2 is 2.08 bits per heavy atom. The molecule has 0 radical (unpaired) electrons. The lowest BCUT2D eigenvalue weighted by molar-refractivity contribution is 0.312. The van der Waals surface area contributed by atoms with Crippen molar-refractivity contribution in [3.8, 4) is 0 Å². The fourth-order valence-corrected chi connectivity index (χ4v) is 3.68. The third kappa shape index (κ3) is 2.96. The molecule has 2 aromatic heterocycles. The van der Waals surface area contributed by atoms with Crippen LogP contribution in [0.15, 0.2) is 30.6 Å². The molecule has 25 heavy (non-hydrogen) atoms. The van der Waals surface area contributed by atoms with Crippen molar-refractivity contribution in [2.75, 3.05) is 13.6 Å². The van der Waals surface area contributed by atoms with Crippen molar-refractivity contribution in [1.82, 2.24) is 19.4 Å². The molecule has 1 aliphatic rings. The Bertz CT molecular complexity index is 970. The number of hydrogen-bond acceptors (Lipinski definition) is 3. The van der Waals surface area contributed by atoms with Crippen molar-refractivity contribution >= 4 is 34.3 Å². The van der Waals surface area contributed by atoms with Gasteiger partial charge in [-0.3, -0.25) is 9.97 Å². The monoisotopic (exact) mass is 352 g/mol. The van der Waals surface area contributed by atoms with Crippen molar-refractivity contribution in [2.24, 2.45) is 0 Å². The highest BCUT2D eigenvalue weighted by molar-refractivity contribution is 6.31. The number of aromatic nitrogens is 3. The van der Waals surface area contributed by atoms with E-state index in [1.165, 1.54) is 22.2 Å². The largest absolute Gasteiger partial charge is 0.320 e. The molecule has 0 bridgehead atoms. The van der Waals surface area contributed by atoms with E-state index in [0.717, 1.165) is 41.5 Å². The van der Waals surface area contributed by atoms with Crippen molar-refractivity contribution in [1.29, 1.82) is 0 Å². The molecule has 0 fully saturated rings. The van der Waals surface area contributed by atoms with Gasteiger partial charge < -0.3 is 9.47 Å². The molecule has 4 nitrogen and oxygen atoms in total. The highest BCUT2D eigenvalue weighted by Crippen LogP contribution is 2.33. The van der Waals surface area contributed by atoms with Crippen molar-refractivity contribution in [3.63, 3.8) is 0 Å². The summed E-state index contributed by atoms with van der Waals surface area (Å²) >= 11 is 6.27. The van der Waals surface area contributed by atoms with Gasteiger partial charge in [-0.2, -0.15) is 0 Å². The summed E-state index contributed by atoms with van der Waals surface area (Å²) in [7, 11) is 2.17. The first-order valence-corrected chi connectivity index (χ1v) is 8.88. The molecule has 4 rings (SSSR count). The summed E-state index contributed by atoms with van der Waals surface area (Å²) in [6.07, 6.45) is 6.86. The van der Waals surface area contributed by atoms with Gasteiger partial charge >= 0.3 is 0 Å². The molecule has 3 aromatic rings. The van der Waals surface area contributed by atoms with E-state index in [1.54, 1.807) is 0 Å². The second-order valence-corrected chi connectivity index (χ2v) is 7.24. The predicted molar refractivity (Wildman–Crippen MR) is 104 cm³/mol. The Morgan fingerprint density at radius 3 is 2.84 bits per heavy atom. The lowest BCUT2D eigenvalue weighted by Gasteiger charge is -2.23. The van der Waals surface area contributed by atoms with Crippen LogP contribution in [0.2, 0.25) is 5.02 Å². The predicted octanol–water partition coefficient (Wildman–Crippen LogP) is 4.40. The molecule has 0 spiro atoms. The Kier molecular flexibility index (Phi) is 4.10. The molecule has 0 N–H and O–H groups in total. The van der Waals surface area contributed by atoms with Crippen molar-refractivity contribution < 1.29 is 0 Å². The van der Waals surface area contributed by atoms with Crippen LogP contribution in [0.1, 0.15) is 29.6 Å². The van der Waals surface area contributed by atoms with Gasteiger partial charge in [-0.05, 0) is 50.2 Å². The van der Waals surface area contributed by atoms with Crippen LogP contribution >= 0.6 is 11.6 Å². The molecule has 0 saturated heterocycles. The van der Waals surface area contributed by atoms with Crippen LogP contribution in [-0.4, -0.2) is 33.0 Å². The maximum absolute atomic E-state index is 6.27. The maximum atomic E-state index is 6.27. The van der Waals surface area contributed by atoms with Crippen LogP contribution in [0.4, 0.5) is 0 Å². The van der Waals surface area contributed by atoms with E-state index in [-0.39, 0.29) is 0 Å². The fraction of sp³-hybridized carbons (Fsp3) is 0.300. The van der Waals surface area contributed by atoms with Gasteiger partial charge in [-0.15, -0.1) is 0 Å². The number of benzene rings is 1.